The van der Waals surface area contributed by atoms with Gasteiger partial charge in [-0.15, -0.1) is 0 Å². The molecule has 1 heterocycles. The van der Waals surface area contributed by atoms with Gasteiger partial charge in [-0.25, -0.2) is 4.98 Å². The Kier molecular flexibility index (Phi) is 4.90. The maximum Gasteiger partial charge on any atom is 0.320 e. The lowest BCUT2D eigenvalue weighted by Crippen LogP contribution is -2.28. The minimum Gasteiger partial charge on any atom is -0.481 e. The Morgan fingerprint density at radius 2 is 2.24 bits per heavy atom. The number of nitrogens with zero attached hydrogens (tertiary/aromatic N) is 1. The number of halogens is 1. The molecule has 0 spiro atoms. The molecule has 0 saturated heterocycles. The lowest BCUT2D eigenvalue weighted by Gasteiger charge is -2.10. The van der Waals surface area contributed by atoms with E-state index in [4.69, 9.17) is 21.4 Å². The topological polar surface area (TPSA) is 76.5 Å². The predicted octanol–water partition coefficient (Wildman–Crippen LogP) is 1.54. The van der Waals surface area contributed by atoms with Gasteiger partial charge >= 0.3 is 11.9 Å². The first-order valence-electron chi connectivity index (χ1n) is 5.04. The average molecular weight is 258 g/mol. The van der Waals surface area contributed by atoms with Crippen LogP contribution in [0.1, 0.15) is 12.5 Å². The fourth-order valence-electron chi connectivity index (χ4n) is 1.28. The first-order valence-corrected chi connectivity index (χ1v) is 5.42. The number of aromatic nitrogens is 1. The highest BCUT2D eigenvalue weighted by molar-refractivity contribution is 6.29. The molecule has 0 bridgehead atoms. The van der Waals surface area contributed by atoms with Crippen molar-refractivity contribution in [1.29, 1.82) is 0 Å². The summed E-state index contributed by atoms with van der Waals surface area (Å²) in [5, 5.41) is 9.26. The zero-order valence-electron chi connectivity index (χ0n) is 9.22. The summed E-state index contributed by atoms with van der Waals surface area (Å²) in [7, 11) is 0. The first kappa shape index (κ1) is 13.4. The minimum atomic E-state index is -1.21. The van der Waals surface area contributed by atoms with Crippen molar-refractivity contribution >= 4 is 23.5 Å². The molecule has 0 aromatic carbocycles. The van der Waals surface area contributed by atoms with Crippen molar-refractivity contribution in [3.05, 3.63) is 29.0 Å². The molecule has 6 heteroatoms. The molecule has 0 fully saturated rings. The van der Waals surface area contributed by atoms with Gasteiger partial charge in [0, 0.05) is 6.20 Å². The molecule has 1 aromatic heterocycles. The Morgan fingerprint density at radius 3 is 2.71 bits per heavy atom. The van der Waals surface area contributed by atoms with Crippen LogP contribution in [0.4, 0.5) is 0 Å². The van der Waals surface area contributed by atoms with Crippen LogP contribution in [0.25, 0.3) is 0 Å². The molecule has 0 saturated carbocycles. The van der Waals surface area contributed by atoms with Gasteiger partial charge in [0.25, 0.3) is 0 Å². The molecule has 0 aliphatic heterocycles. The van der Waals surface area contributed by atoms with E-state index in [0.717, 1.165) is 0 Å². The summed E-state index contributed by atoms with van der Waals surface area (Å²) in [6.07, 6.45) is 1.48. The number of hydrogen-bond acceptors (Lipinski definition) is 4. The summed E-state index contributed by atoms with van der Waals surface area (Å²) in [6.45, 7) is 1.78. The normalized spacial score (nSPS) is 11.9. The van der Waals surface area contributed by atoms with Crippen molar-refractivity contribution in [3.8, 4) is 0 Å². The van der Waals surface area contributed by atoms with Gasteiger partial charge in [0.2, 0.25) is 0 Å². The fraction of sp³-hybridized carbons (Fsp3) is 0.364. The van der Waals surface area contributed by atoms with E-state index in [2.05, 4.69) is 4.98 Å². The monoisotopic (exact) mass is 257 g/mol. The van der Waals surface area contributed by atoms with Crippen LogP contribution >= 0.6 is 11.6 Å². The Hall–Kier alpha value is -1.62. The highest BCUT2D eigenvalue weighted by atomic mass is 35.5. The Bertz CT molecular complexity index is 404. The van der Waals surface area contributed by atoms with Gasteiger partial charge in [0.1, 0.15) is 5.15 Å². The third-order valence-electron chi connectivity index (χ3n) is 2.10. The Balaban J connectivity index is 2.76. The highest BCUT2D eigenvalue weighted by Crippen LogP contribution is 2.12. The van der Waals surface area contributed by atoms with Crippen LogP contribution in [-0.4, -0.2) is 28.6 Å². The van der Waals surface area contributed by atoms with Gasteiger partial charge in [-0.05, 0) is 25.0 Å². The van der Waals surface area contributed by atoms with Crippen molar-refractivity contribution in [3.63, 3.8) is 0 Å². The molecule has 1 unspecified atom stereocenters. The van der Waals surface area contributed by atoms with Crippen molar-refractivity contribution in [2.75, 3.05) is 6.61 Å². The van der Waals surface area contributed by atoms with Gasteiger partial charge in [-0.3, -0.25) is 9.59 Å². The number of carboxylic acids is 1. The molecule has 5 nitrogen and oxygen atoms in total. The van der Waals surface area contributed by atoms with E-state index in [9.17, 15) is 9.59 Å². The van der Waals surface area contributed by atoms with E-state index in [-0.39, 0.29) is 13.0 Å². The van der Waals surface area contributed by atoms with Gasteiger partial charge in [0.05, 0.1) is 6.61 Å². The fourth-order valence-corrected chi connectivity index (χ4v) is 1.39. The van der Waals surface area contributed by atoms with Crippen LogP contribution in [0.5, 0.6) is 0 Å². The number of pyridine rings is 1. The van der Waals surface area contributed by atoms with Gasteiger partial charge in [-0.1, -0.05) is 17.7 Å². The summed E-state index contributed by atoms with van der Waals surface area (Å²) in [6, 6.07) is 3.17. The number of carboxylic acid groups (broad SMARTS) is 1. The van der Waals surface area contributed by atoms with E-state index in [1.165, 1.54) is 6.20 Å². The lowest BCUT2D eigenvalue weighted by molar-refractivity contribution is -0.158. The van der Waals surface area contributed by atoms with Crippen LogP contribution in [0.3, 0.4) is 0 Å². The second-order valence-electron chi connectivity index (χ2n) is 3.34. The zero-order valence-corrected chi connectivity index (χ0v) is 9.98. The molecule has 1 N–H and O–H groups in total. The molecular formula is C11H12ClNO4. The van der Waals surface area contributed by atoms with E-state index in [1.54, 1.807) is 19.1 Å². The van der Waals surface area contributed by atoms with E-state index in [0.29, 0.717) is 10.7 Å². The van der Waals surface area contributed by atoms with E-state index in [1.807, 2.05) is 0 Å². The van der Waals surface area contributed by atoms with Crippen LogP contribution in [0, 0.1) is 5.92 Å². The number of ether oxygens (including phenoxy) is 1. The van der Waals surface area contributed by atoms with E-state index >= 15 is 0 Å². The number of esters is 1. The van der Waals surface area contributed by atoms with Crippen molar-refractivity contribution in [2.45, 2.75) is 13.3 Å². The van der Waals surface area contributed by atoms with Gasteiger partial charge in [0.15, 0.2) is 5.92 Å². The zero-order chi connectivity index (χ0) is 12.8. The Morgan fingerprint density at radius 1 is 1.53 bits per heavy atom. The summed E-state index contributed by atoms with van der Waals surface area (Å²) in [5.41, 5.74) is 0.620. The standard InChI is InChI=1S/C11H12ClNO4/c1-2-17-11(16)8(10(14)15)5-7-3-4-9(12)13-6-7/h3-4,6,8H,2,5H2,1H3,(H,14,15). The number of carbonyl (C=O) groups is 2. The molecule has 1 aromatic rings. The number of hydrogen-bond donors (Lipinski definition) is 1. The van der Waals surface area contributed by atoms with Crippen LogP contribution in [0.2, 0.25) is 5.15 Å². The van der Waals surface area contributed by atoms with Crippen molar-refractivity contribution in [2.24, 2.45) is 5.92 Å². The molecule has 0 radical (unpaired) electrons. The van der Waals surface area contributed by atoms with Gasteiger partial charge < -0.3 is 9.84 Å². The molecule has 92 valence electrons. The molecule has 17 heavy (non-hydrogen) atoms. The molecule has 1 atom stereocenters. The molecule has 0 aliphatic carbocycles. The average Bonchev–Trinajstić information content (AvgIpc) is 2.28. The summed E-state index contributed by atoms with van der Waals surface area (Å²) < 4.78 is 4.70. The van der Waals surface area contributed by atoms with Crippen LogP contribution in [0.15, 0.2) is 18.3 Å². The quantitative estimate of drug-likeness (QED) is 0.492. The van der Waals surface area contributed by atoms with Gasteiger partial charge in [-0.2, -0.15) is 0 Å². The second kappa shape index (κ2) is 6.20. The predicted molar refractivity (Wildman–Crippen MR) is 60.7 cm³/mol. The first-order chi connectivity index (χ1) is 8.04. The molecule has 1 rings (SSSR count). The SMILES string of the molecule is CCOC(=O)C(Cc1ccc(Cl)nc1)C(=O)O. The number of carbonyl (C=O) groups excluding carboxylic acids is 1. The number of aliphatic carboxylic acids is 1. The third kappa shape index (κ3) is 4.03. The van der Waals surface area contributed by atoms with Crippen LogP contribution in [-0.2, 0) is 20.7 Å². The minimum absolute atomic E-state index is 0.0400. The van der Waals surface area contributed by atoms with Crippen molar-refractivity contribution < 1.29 is 19.4 Å². The maximum absolute atomic E-state index is 11.4. The smallest absolute Gasteiger partial charge is 0.320 e. The third-order valence-corrected chi connectivity index (χ3v) is 2.32. The maximum atomic E-state index is 11.4. The van der Waals surface area contributed by atoms with Crippen molar-refractivity contribution in [1.82, 2.24) is 4.98 Å². The Labute approximate surface area is 103 Å². The molecule has 0 aliphatic rings. The van der Waals surface area contributed by atoms with E-state index < -0.39 is 17.9 Å². The highest BCUT2D eigenvalue weighted by Gasteiger charge is 2.27. The molecular weight excluding hydrogens is 246 g/mol. The lowest BCUT2D eigenvalue weighted by atomic mass is 10.0. The van der Waals surface area contributed by atoms with Crippen LogP contribution < -0.4 is 0 Å². The summed E-state index contributed by atoms with van der Waals surface area (Å²) >= 11 is 5.60. The summed E-state index contributed by atoms with van der Waals surface area (Å²) in [5.74, 6) is -3.16. The molecule has 0 amide bonds. The largest absolute Gasteiger partial charge is 0.481 e. The number of rotatable bonds is 5. The summed E-state index contributed by atoms with van der Waals surface area (Å²) in [4.78, 5) is 26.2. The second-order valence-corrected chi connectivity index (χ2v) is 3.72.